The second-order valence-electron chi connectivity index (χ2n) is 8.27. The molecule has 0 spiro atoms. The highest BCUT2D eigenvalue weighted by Crippen LogP contribution is 2.18. The molecule has 0 radical (unpaired) electrons. The van der Waals surface area contributed by atoms with E-state index in [1.165, 1.54) is 38.5 Å². The van der Waals surface area contributed by atoms with Gasteiger partial charge in [0, 0.05) is 32.2 Å². The van der Waals surface area contributed by atoms with E-state index in [4.69, 9.17) is 0 Å². The highest BCUT2D eigenvalue weighted by atomic mass is 16.2. The van der Waals surface area contributed by atoms with Gasteiger partial charge in [-0.2, -0.15) is 0 Å². The zero-order valence-electron chi connectivity index (χ0n) is 17.0. The van der Waals surface area contributed by atoms with E-state index < -0.39 is 0 Å². The molecule has 2 aliphatic rings. The fourth-order valence-electron chi connectivity index (χ4n) is 4.39. The van der Waals surface area contributed by atoms with Crippen molar-refractivity contribution in [1.29, 1.82) is 0 Å². The highest BCUT2D eigenvalue weighted by Gasteiger charge is 2.28. The van der Waals surface area contributed by atoms with Gasteiger partial charge in [-0.15, -0.1) is 0 Å². The molecular weight excluding hydrogens is 350 g/mol. The van der Waals surface area contributed by atoms with Crippen molar-refractivity contribution in [2.45, 2.75) is 63.8 Å². The lowest BCUT2D eigenvalue weighted by Crippen LogP contribution is -2.47. The van der Waals surface area contributed by atoms with Crippen LogP contribution in [0.15, 0.2) is 30.3 Å². The number of carbonyl (C=O) groups excluding carboxylic acids is 2. The van der Waals surface area contributed by atoms with Crippen LogP contribution in [0, 0.1) is 5.92 Å². The maximum atomic E-state index is 12.6. The van der Waals surface area contributed by atoms with Crippen molar-refractivity contribution in [2.75, 3.05) is 26.2 Å². The topological polar surface area (TPSA) is 61.4 Å². The van der Waals surface area contributed by atoms with Crippen LogP contribution in [0.3, 0.4) is 0 Å². The molecule has 1 aromatic carbocycles. The van der Waals surface area contributed by atoms with E-state index in [2.05, 4.69) is 10.6 Å². The van der Waals surface area contributed by atoms with E-state index in [0.717, 1.165) is 31.5 Å². The quantitative estimate of drug-likeness (QED) is 0.560. The Morgan fingerprint density at radius 1 is 0.929 bits per heavy atom. The molecule has 5 heteroatoms. The molecule has 1 aliphatic heterocycles. The van der Waals surface area contributed by atoms with Gasteiger partial charge in [-0.3, -0.25) is 9.59 Å². The van der Waals surface area contributed by atoms with Crippen molar-refractivity contribution in [3.05, 3.63) is 35.9 Å². The number of nitrogens with one attached hydrogen (secondary N) is 2. The first-order chi connectivity index (χ1) is 13.7. The number of hydrogen-bond donors (Lipinski definition) is 2. The third-order valence-electron chi connectivity index (χ3n) is 6.06. The molecule has 2 fully saturated rings. The van der Waals surface area contributed by atoms with Gasteiger partial charge in [0.2, 0.25) is 11.8 Å². The number of amides is 2. The van der Waals surface area contributed by atoms with Crippen LogP contribution in [0.25, 0.3) is 0 Å². The van der Waals surface area contributed by atoms with Crippen molar-refractivity contribution in [3.63, 3.8) is 0 Å². The second kappa shape index (κ2) is 11.2. The Morgan fingerprint density at radius 2 is 1.68 bits per heavy atom. The highest BCUT2D eigenvalue weighted by molar-refractivity contribution is 5.82. The molecule has 1 unspecified atom stereocenters. The molecule has 154 valence electrons. The molecule has 1 aliphatic carbocycles. The third-order valence-corrected chi connectivity index (χ3v) is 6.06. The van der Waals surface area contributed by atoms with Crippen molar-refractivity contribution in [3.8, 4) is 0 Å². The van der Waals surface area contributed by atoms with Crippen LogP contribution in [0.5, 0.6) is 0 Å². The monoisotopic (exact) mass is 385 g/mol. The first-order valence-corrected chi connectivity index (χ1v) is 11.0. The molecule has 1 heterocycles. The van der Waals surface area contributed by atoms with E-state index in [-0.39, 0.29) is 17.7 Å². The van der Waals surface area contributed by atoms with Crippen LogP contribution < -0.4 is 10.6 Å². The Hall–Kier alpha value is -1.88. The van der Waals surface area contributed by atoms with Crippen molar-refractivity contribution >= 4 is 11.8 Å². The summed E-state index contributed by atoms with van der Waals surface area (Å²) in [7, 11) is 0. The van der Waals surface area contributed by atoms with Crippen LogP contribution in [-0.2, 0) is 16.0 Å². The number of hydrogen-bond acceptors (Lipinski definition) is 3. The largest absolute Gasteiger partial charge is 0.355 e. The first-order valence-electron chi connectivity index (χ1n) is 11.0. The normalized spacial score (nSPS) is 21.1. The summed E-state index contributed by atoms with van der Waals surface area (Å²) >= 11 is 0. The zero-order chi connectivity index (χ0) is 19.6. The average molecular weight is 386 g/mol. The number of rotatable bonds is 7. The Morgan fingerprint density at radius 3 is 2.43 bits per heavy atom. The summed E-state index contributed by atoms with van der Waals surface area (Å²) in [6.07, 6.45) is 10.1. The number of nitrogens with zero attached hydrogens (tertiary/aromatic N) is 1. The van der Waals surface area contributed by atoms with E-state index in [0.29, 0.717) is 25.6 Å². The smallest absolute Gasteiger partial charge is 0.227 e. The van der Waals surface area contributed by atoms with Gasteiger partial charge < -0.3 is 15.5 Å². The van der Waals surface area contributed by atoms with Crippen LogP contribution >= 0.6 is 0 Å². The van der Waals surface area contributed by atoms with Crippen LogP contribution in [0.2, 0.25) is 0 Å². The molecule has 2 amide bonds. The maximum Gasteiger partial charge on any atom is 0.227 e. The van der Waals surface area contributed by atoms with Crippen LogP contribution in [0.4, 0.5) is 0 Å². The van der Waals surface area contributed by atoms with E-state index in [1.807, 2.05) is 35.2 Å². The lowest BCUT2D eigenvalue weighted by Gasteiger charge is -2.32. The summed E-state index contributed by atoms with van der Waals surface area (Å²) < 4.78 is 0. The molecular formula is C23H35N3O2. The summed E-state index contributed by atoms with van der Waals surface area (Å²) in [5, 5.41) is 6.67. The Balaban J connectivity index is 1.37. The van der Waals surface area contributed by atoms with E-state index >= 15 is 0 Å². The average Bonchev–Trinajstić information content (AvgIpc) is 3.01. The zero-order valence-corrected chi connectivity index (χ0v) is 17.0. The minimum Gasteiger partial charge on any atom is -0.355 e. The fourth-order valence-corrected chi connectivity index (χ4v) is 4.39. The Bertz CT molecular complexity index is 612. The molecule has 0 aromatic heterocycles. The predicted molar refractivity (Wildman–Crippen MR) is 112 cm³/mol. The Kier molecular flexibility index (Phi) is 8.34. The van der Waals surface area contributed by atoms with Crippen molar-refractivity contribution < 1.29 is 9.59 Å². The minimum absolute atomic E-state index is 0.0775. The van der Waals surface area contributed by atoms with Gasteiger partial charge in [0.25, 0.3) is 0 Å². The second-order valence-corrected chi connectivity index (χ2v) is 8.27. The SMILES string of the molecule is O=C(NCCNC1CCCCCC1)C1CCCN(C(=O)Cc2ccccc2)C1. The van der Waals surface area contributed by atoms with Gasteiger partial charge in [0.15, 0.2) is 0 Å². The van der Waals surface area contributed by atoms with Crippen LogP contribution in [0.1, 0.15) is 56.9 Å². The molecule has 5 nitrogen and oxygen atoms in total. The number of likely N-dealkylation sites (tertiary alicyclic amines) is 1. The van der Waals surface area contributed by atoms with Gasteiger partial charge in [-0.05, 0) is 31.2 Å². The van der Waals surface area contributed by atoms with Gasteiger partial charge in [-0.25, -0.2) is 0 Å². The van der Waals surface area contributed by atoms with Gasteiger partial charge in [-0.1, -0.05) is 56.0 Å². The standard InChI is InChI=1S/C23H35N3O2/c27-22(17-19-9-4-3-5-10-19)26-16-8-11-20(18-26)23(28)25-15-14-24-21-12-6-1-2-7-13-21/h3-5,9-10,20-21,24H,1-2,6-8,11-18H2,(H,25,28). The fraction of sp³-hybridized carbons (Fsp3) is 0.652. The molecule has 3 rings (SSSR count). The third kappa shape index (κ3) is 6.62. The molecule has 0 bridgehead atoms. The summed E-state index contributed by atoms with van der Waals surface area (Å²) in [6, 6.07) is 10.4. The van der Waals surface area contributed by atoms with Gasteiger partial charge >= 0.3 is 0 Å². The van der Waals surface area contributed by atoms with E-state index in [9.17, 15) is 9.59 Å². The van der Waals surface area contributed by atoms with Gasteiger partial charge in [0.05, 0.1) is 12.3 Å². The number of carbonyl (C=O) groups is 2. The molecule has 2 N–H and O–H groups in total. The van der Waals surface area contributed by atoms with Gasteiger partial charge in [0.1, 0.15) is 0 Å². The molecule has 1 atom stereocenters. The first kappa shape index (κ1) is 20.8. The summed E-state index contributed by atoms with van der Waals surface area (Å²) in [4.78, 5) is 27.0. The number of piperidine rings is 1. The van der Waals surface area contributed by atoms with E-state index in [1.54, 1.807) is 0 Å². The summed E-state index contributed by atoms with van der Waals surface area (Å²) in [5.41, 5.74) is 1.03. The molecule has 1 aromatic rings. The Labute approximate surface area is 169 Å². The molecule has 28 heavy (non-hydrogen) atoms. The lowest BCUT2D eigenvalue weighted by atomic mass is 9.96. The number of benzene rings is 1. The predicted octanol–water partition coefficient (Wildman–Crippen LogP) is 2.90. The van der Waals surface area contributed by atoms with Crippen LogP contribution in [-0.4, -0.2) is 48.9 Å². The maximum absolute atomic E-state index is 12.6. The summed E-state index contributed by atoms with van der Waals surface area (Å²) in [6.45, 7) is 2.82. The lowest BCUT2D eigenvalue weighted by molar-refractivity contribution is -0.135. The molecule has 1 saturated heterocycles. The van der Waals surface area contributed by atoms with Crippen molar-refractivity contribution in [1.82, 2.24) is 15.5 Å². The molecule has 1 saturated carbocycles. The summed E-state index contributed by atoms with van der Waals surface area (Å²) in [5.74, 6) is 0.143. The van der Waals surface area contributed by atoms with Crippen molar-refractivity contribution in [2.24, 2.45) is 5.92 Å². The minimum atomic E-state index is -0.0775.